The van der Waals surface area contributed by atoms with E-state index in [0.717, 1.165) is 0 Å². The van der Waals surface area contributed by atoms with Gasteiger partial charge in [0, 0.05) is 0 Å². The van der Waals surface area contributed by atoms with Crippen molar-refractivity contribution in [2.45, 2.75) is 0 Å². The Morgan fingerprint density at radius 2 is 0.833 bits per heavy atom. The quantitative estimate of drug-likeness (QED) is 0.340. The molecule has 0 aromatic heterocycles. The van der Waals surface area contributed by atoms with E-state index in [1.807, 2.05) is 0 Å². The molecule has 0 fully saturated rings. The third kappa shape index (κ3) is 41.5. The average molecular weight is 161 g/mol. The Balaban J connectivity index is -0.00000000500. The van der Waals surface area contributed by atoms with Crippen LogP contribution in [-0.2, 0) is 0 Å². The van der Waals surface area contributed by atoms with Crippen LogP contribution in [0.3, 0.4) is 0 Å². The summed E-state index contributed by atoms with van der Waals surface area (Å²) in [5, 5.41) is 0. The van der Waals surface area contributed by atoms with E-state index in [1.165, 1.54) is 0 Å². The second kappa shape index (κ2) is 71.0. The van der Waals surface area contributed by atoms with E-state index in [4.69, 9.17) is 9.32 Å². The Labute approximate surface area is 74.5 Å². The summed E-state index contributed by atoms with van der Waals surface area (Å²) in [6, 6.07) is 0. The minimum absolute atomic E-state index is 0. The molecule has 0 aromatic carbocycles. The van der Waals surface area contributed by atoms with Crippen LogP contribution in [0.2, 0.25) is 0 Å². The van der Waals surface area contributed by atoms with E-state index in [1.54, 1.807) is 0 Å². The first kappa shape index (κ1) is 25.0. The molecule has 0 saturated heterocycles. The third-order valence-corrected chi connectivity index (χ3v) is 0. The van der Waals surface area contributed by atoms with Crippen LogP contribution in [0, 0.1) is 12.4 Å². The molecule has 6 heavy (non-hydrogen) atoms. The van der Waals surface area contributed by atoms with Gasteiger partial charge >= 0.3 is 42.0 Å². The maximum absolute atomic E-state index is 7.72. The molecule has 2 radical (unpaired) electrons. The largest absolute Gasteiger partial charge is 1.00 e. The van der Waals surface area contributed by atoms with E-state index in [0.29, 0.717) is 0 Å². The van der Waals surface area contributed by atoms with Gasteiger partial charge in [-0.05, 0) is 0 Å². The van der Waals surface area contributed by atoms with Gasteiger partial charge in [0.15, 0.2) is 0 Å². The van der Waals surface area contributed by atoms with E-state index >= 15 is 0 Å². The van der Waals surface area contributed by atoms with Crippen LogP contribution in [0.25, 0.3) is 0 Å². The predicted octanol–water partition coefficient (Wildman–Crippen LogP) is -4.00. The molecule has 2 nitrogen and oxygen atoms in total. The van der Waals surface area contributed by atoms with Crippen LogP contribution >= 0.6 is 23.7 Å². The first-order valence-electron chi connectivity index (χ1n) is 0.309. The summed E-state index contributed by atoms with van der Waals surface area (Å²) in [7, 11) is 0. The van der Waals surface area contributed by atoms with Crippen LogP contribution in [0.1, 0.15) is 0 Å². The summed E-state index contributed by atoms with van der Waals surface area (Å²) < 4.78 is 15.4. The molecule has 0 aliphatic heterocycles. The van der Waals surface area contributed by atoms with Crippen molar-refractivity contribution in [2.75, 3.05) is 0 Å². The molecule has 0 rings (SSSR count). The molecule has 34 valence electrons. The topological polar surface area (TPSA) is 46.1 Å². The van der Waals surface area contributed by atoms with E-state index in [2.05, 4.69) is 23.7 Å². The van der Waals surface area contributed by atoms with Crippen LogP contribution < -0.4 is 38.9 Å². The van der Waals surface area contributed by atoms with Gasteiger partial charge in [-0.3, -0.25) is 0 Å². The van der Waals surface area contributed by atoms with Gasteiger partial charge in [-0.15, -0.1) is 0 Å². The number of rotatable bonds is 0. The van der Waals surface area contributed by atoms with E-state index in [-0.39, 0.29) is 42.0 Å². The normalized spacial score (nSPS) is 2.00. The zero-order valence-electron chi connectivity index (χ0n) is 2.95. The summed E-state index contributed by atoms with van der Waals surface area (Å²) in [6.07, 6.45) is 0. The van der Waals surface area contributed by atoms with Crippen LogP contribution in [0.15, 0.2) is 0 Å². The molecule has 0 aromatic rings. The van der Waals surface area contributed by atoms with Crippen molar-refractivity contribution in [1.82, 2.24) is 0 Å². The second-order valence-electron chi connectivity index (χ2n) is 0. The molecule has 0 amide bonds. The smallest absolute Gasteiger partial charge is 0.769 e. The molecule has 0 atom stereocenters. The van der Waals surface area contributed by atoms with Gasteiger partial charge in [-0.25, -0.2) is 23.7 Å². The summed E-state index contributed by atoms with van der Waals surface area (Å²) in [6.45, 7) is 0. The molecule has 0 aliphatic carbocycles. The van der Waals surface area contributed by atoms with Crippen LogP contribution in [0.4, 0.5) is 0 Å². The fourth-order valence-electron chi connectivity index (χ4n) is 0. The fraction of sp³-hybridized carbons (Fsp3) is 0. The maximum atomic E-state index is 7.72. The number of hydrogen-bond donors (Lipinski definition) is 0. The minimum atomic E-state index is 0. The second-order valence-corrected chi connectivity index (χ2v) is 0. The molecular weight excluding hydrogens is 161 g/mol. The summed E-state index contributed by atoms with van der Waals surface area (Å²) >= 11 is 6.78. The van der Waals surface area contributed by atoms with Gasteiger partial charge in [0.1, 0.15) is 0 Å². The summed E-state index contributed by atoms with van der Waals surface area (Å²) in [5.74, 6) is 0. The van der Waals surface area contributed by atoms with Crippen molar-refractivity contribution < 1.29 is 51.3 Å². The third-order valence-electron chi connectivity index (χ3n) is 0. The van der Waals surface area contributed by atoms with Crippen molar-refractivity contribution in [1.29, 1.82) is 0 Å². The van der Waals surface area contributed by atoms with Gasteiger partial charge in [0.05, 0.1) is 0 Å². The van der Waals surface area contributed by atoms with Crippen LogP contribution in [-0.4, -0.2) is 0 Å². The molecule has 6 heteroatoms. The van der Waals surface area contributed by atoms with Crippen molar-refractivity contribution in [3.63, 3.8) is 0 Å². The maximum Gasteiger partial charge on any atom is 1.00 e. The molecule has 0 saturated carbocycles. The molecule has 0 spiro atoms. The molecule has 0 bridgehead atoms. The molecule has 0 heterocycles. The molecular formula is Cl3NaO2. The van der Waals surface area contributed by atoms with E-state index < -0.39 is 0 Å². The van der Waals surface area contributed by atoms with Crippen LogP contribution in [0.5, 0.6) is 0 Å². The van der Waals surface area contributed by atoms with Crippen molar-refractivity contribution in [3.8, 4) is 0 Å². The Hall–Kier alpha value is 1.79. The number of hydrogen-bond acceptors (Lipinski definition) is 2. The van der Waals surface area contributed by atoms with E-state index in [9.17, 15) is 0 Å². The Bertz CT molecular complexity index is 8.75. The SMILES string of the molecule is [Cl+].[Na+].[O-]Cl.[O-]Cl. The monoisotopic (exact) mass is 160 g/mol. The van der Waals surface area contributed by atoms with Gasteiger partial charge in [-0.2, -0.15) is 0 Å². The fourth-order valence-corrected chi connectivity index (χ4v) is 0. The zero-order valence-corrected chi connectivity index (χ0v) is 7.22. The molecule has 0 aliphatic rings. The average Bonchev–Trinajstić information content (AvgIpc) is 1.50. The number of halogens is 3. The van der Waals surface area contributed by atoms with Crippen molar-refractivity contribution in [3.05, 3.63) is 0 Å². The van der Waals surface area contributed by atoms with Gasteiger partial charge in [0.2, 0.25) is 0 Å². The Morgan fingerprint density at radius 3 is 0.833 bits per heavy atom. The molecule has 0 unspecified atom stereocenters. The van der Waals surface area contributed by atoms with Crippen molar-refractivity contribution in [2.24, 2.45) is 0 Å². The zero-order chi connectivity index (χ0) is 4.00. The van der Waals surface area contributed by atoms with Gasteiger partial charge in [-0.1, -0.05) is 0 Å². The summed E-state index contributed by atoms with van der Waals surface area (Å²) in [5.41, 5.74) is 0. The summed E-state index contributed by atoms with van der Waals surface area (Å²) in [4.78, 5) is 0. The first-order chi connectivity index (χ1) is 2.00. The molecule has 0 N–H and O–H groups in total. The Kier molecular flexibility index (Phi) is 296. The first-order valence-corrected chi connectivity index (χ1v) is 0.926. The van der Waals surface area contributed by atoms with Crippen molar-refractivity contribution >= 4 is 23.7 Å². The van der Waals surface area contributed by atoms with Gasteiger partial charge in [0.25, 0.3) is 0 Å². The van der Waals surface area contributed by atoms with Gasteiger partial charge < -0.3 is 9.32 Å². The minimum Gasteiger partial charge on any atom is -0.769 e. The Morgan fingerprint density at radius 1 is 0.833 bits per heavy atom. The standard InChI is InChI=1S/2ClO.Cl.Na/c2*1-2;;/q2*-1;2*+1. The predicted molar refractivity (Wildman–Crippen MR) is 11.7 cm³/mol.